The molecule has 0 aliphatic heterocycles. The van der Waals surface area contributed by atoms with Gasteiger partial charge in [-0.15, -0.1) is 0 Å². The predicted octanol–water partition coefficient (Wildman–Crippen LogP) is 9.46. The van der Waals surface area contributed by atoms with Gasteiger partial charge in [0.25, 0.3) is 0 Å². The molecule has 0 aliphatic carbocycles. The fourth-order valence-electron chi connectivity index (χ4n) is 5.56. The quantitative estimate of drug-likeness (QED) is 0.0665. The van der Waals surface area contributed by atoms with Gasteiger partial charge in [0.15, 0.2) is 24.8 Å². The molecule has 0 bridgehead atoms. The van der Waals surface area contributed by atoms with Crippen LogP contribution >= 0.6 is 0 Å². The number of pyridine rings is 2. The fourth-order valence-corrected chi connectivity index (χ4v) is 5.56. The molecule has 0 spiro atoms. The Bertz CT molecular complexity index is 1300. The van der Waals surface area contributed by atoms with E-state index in [4.69, 9.17) is 0 Å². The molecule has 4 heteroatoms. The third-order valence-corrected chi connectivity index (χ3v) is 8.40. The van der Waals surface area contributed by atoms with Crippen LogP contribution < -0.4 is 18.9 Å². The van der Waals surface area contributed by atoms with E-state index in [1.165, 1.54) is 59.3 Å². The summed E-state index contributed by atoms with van der Waals surface area (Å²) in [5.41, 5.74) is 7.51. The smallest absolute Gasteiger partial charge is 0.169 e. The Hall–Kier alpha value is -4.18. The SMILES string of the molecule is CCN(CC)c1ccc(/C=C/c2cc[n+](CCCCCC[n+]3ccc(/C=C/c4ccc(N(CC)CC)cc4)cc3)cc2)cc1.[CH3-].[CH3-]. The maximum Gasteiger partial charge on any atom is 0.169 e. The lowest BCUT2D eigenvalue weighted by molar-refractivity contribution is -0.698. The molecule has 2 aromatic heterocycles. The lowest BCUT2D eigenvalue weighted by Gasteiger charge is -2.20. The summed E-state index contributed by atoms with van der Waals surface area (Å²) in [7, 11) is 0. The molecule has 0 saturated carbocycles. The van der Waals surface area contributed by atoms with Crippen LogP contribution in [0.3, 0.4) is 0 Å². The number of nitrogens with zero attached hydrogens (tertiary/aromatic N) is 4. The molecule has 46 heavy (non-hydrogen) atoms. The Morgan fingerprint density at radius 1 is 0.413 bits per heavy atom. The standard InChI is InChI=1S/C40H52N4.2CH3/c1-5-43(6-2)39-21-17-35(18-22-39)13-15-37-25-31-41(32-26-37)29-11-9-10-12-30-42-33-27-38(28-34-42)16-14-36-19-23-40(24-20-36)44(7-3)8-4;;/h13-28,31-34H,5-12,29-30H2,1-4H3;2*1H3/q+2;2*-1. The zero-order valence-corrected chi connectivity index (χ0v) is 29.4. The number of rotatable bonds is 17. The highest BCUT2D eigenvalue weighted by atomic mass is 15.1. The molecule has 2 aromatic carbocycles. The van der Waals surface area contributed by atoms with E-state index in [9.17, 15) is 0 Å². The van der Waals surface area contributed by atoms with E-state index < -0.39 is 0 Å². The Kier molecular flexibility index (Phi) is 17.2. The topological polar surface area (TPSA) is 14.2 Å². The first-order chi connectivity index (χ1) is 21.6. The first-order valence-electron chi connectivity index (χ1n) is 16.7. The summed E-state index contributed by atoms with van der Waals surface area (Å²) in [6.07, 6.45) is 22.5. The van der Waals surface area contributed by atoms with Crippen LogP contribution in [-0.2, 0) is 13.1 Å². The molecule has 0 unspecified atom stereocenters. The molecule has 0 amide bonds. The van der Waals surface area contributed by atoms with Crippen molar-refractivity contribution in [2.45, 2.75) is 66.5 Å². The van der Waals surface area contributed by atoms with E-state index in [0.29, 0.717) is 0 Å². The zero-order valence-electron chi connectivity index (χ0n) is 29.4. The number of hydrogen-bond donors (Lipinski definition) is 0. The van der Waals surface area contributed by atoms with Crippen LogP contribution in [0, 0.1) is 14.9 Å². The predicted molar refractivity (Wildman–Crippen MR) is 202 cm³/mol. The largest absolute Gasteiger partial charge is 0.372 e. The van der Waals surface area contributed by atoms with Gasteiger partial charge in [0.2, 0.25) is 0 Å². The zero-order chi connectivity index (χ0) is 31.0. The highest BCUT2D eigenvalue weighted by molar-refractivity contribution is 5.71. The first-order valence-corrected chi connectivity index (χ1v) is 16.7. The van der Waals surface area contributed by atoms with Crippen molar-refractivity contribution in [3.05, 3.63) is 135 Å². The maximum absolute atomic E-state index is 2.37. The Morgan fingerprint density at radius 2 is 0.696 bits per heavy atom. The molecule has 0 N–H and O–H groups in total. The van der Waals surface area contributed by atoms with Gasteiger partial charge in [-0.3, -0.25) is 0 Å². The molecule has 0 saturated heterocycles. The average molecular weight is 619 g/mol. The average Bonchev–Trinajstić information content (AvgIpc) is 3.08. The minimum Gasteiger partial charge on any atom is -0.372 e. The minimum atomic E-state index is 0. The molecular formula is C42H58N4. The van der Waals surface area contributed by atoms with Gasteiger partial charge in [-0.2, -0.15) is 0 Å². The third-order valence-electron chi connectivity index (χ3n) is 8.40. The Morgan fingerprint density at radius 3 is 0.978 bits per heavy atom. The summed E-state index contributed by atoms with van der Waals surface area (Å²) in [5.74, 6) is 0. The molecule has 4 rings (SSSR count). The molecule has 4 nitrogen and oxygen atoms in total. The number of anilines is 2. The number of benzene rings is 2. The molecule has 0 atom stereocenters. The fraction of sp³-hybridized carbons (Fsp3) is 0.333. The summed E-state index contributed by atoms with van der Waals surface area (Å²) in [6, 6.07) is 26.5. The molecule has 0 aliphatic rings. The third kappa shape index (κ3) is 12.0. The lowest BCUT2D eigenvalue weighted by atomic mass is 10.1. The number of hydrogen-bond acceptors (Lipinski definition) is 2. The van der Waals surface area contributed by atoms with Crippen molar-refractivity contribution in [3.63, 3.8) is 0 Å². The van der Waals surface area contributed by atoms with Gasteiger partial charge in [-0.1, -0.05) is 48.6 Å². The number of unbranched alkanes of at least 4 members (excludes halogenated alkanes) is 3. The van der Waals surface area contributed by atoms with Crippen LogP contribution in [0.4, 0.5) is 11.4 Å². The van der Waals surface area contributed by atoms with Crippen molar-refractivity contribution >= 4 is 35.7 Å². The van der Waals surface area contributed by atoms with E-state index in [1.807, 2.05) is 0 Å². The summed E-state index contributed by atoms with van der Waals surface area (Å²) < 4.78 is 4.60. The number of aryl methyl sites for hydroxylation is 2. The maximum atomic E-state index is 2.37. The van der Waals surface area contributed by atoms with Crippen molar-refractivity contribution in [1.29, 1.82) is 0 Å². The van der Waals surface area contributed by atoms with Gasteiger partial charge < -0.3 is 24.7 Å². The van der Waals surface area contributed by atoms with Gasteiger partial charge >= 0.3 is 0 Å². The Balaban J connectivity index is 0.00000368. The van der Waals surface area contributed by atoms with Crippen molar-refractivity contribution in [3.8, 4) is 0 Å². The highest BCUT2D eigenvalue weighted by Gasteiger charge is 2.04. The minimum absolute atomic E-state index is 0. The molecule has 4 aromatic rings. The van der Waals surface area contributed by atoms with E-state index in [2.05, 4.69) is 169 Å². The lowest BCUT2D eigenvalue weighted by Crippen LogP contribution is -2.33. The van der Waals surface area contributed by atoms with Crippen LogP contribution in [0.15, 0.2) is 97.6 Å². The second-order valence-electron chi connectivity index (χ2n) is 11.3. The second-order valence-corrected chi connectivity index (χ2v) is 11.3. The van der Waals surface area contributed by atoms with Crippen molar-refractivity contribution in [2.24, 2.45) is 0 Å². The molecular weight excluding hydrogens is 560 g/mol. The van der Waals surface area contributed by atoms with Crippen molar-refractivity contribution in [1.82, 2.24) is 0 Å². The van der Waals surface area contributed by atoms with E-state index in [1.54, 1.807) is 0 Å². The number of aromatic nitrogens is 2. The monoisotopic (exact) mass is 618 g/mol. The van der Waals surface area contributed by atoms with Crippen LogP contribution in [0.2, 0.25) is 0 Å². The molecule has 0 radical (unpaired) electrons. The van der Waals surface area contributed by atoms with Gasteiger partial charge in [0, 0.05) is 74.7 Å². The van der Waals surface area contributed by atoms with Gasteiger partial charge in [0.1, 0.15) is 13.1 Å². The first kappa shape index (κ1) is 38.0. The van der Waals surface area contributed by atoms with Crippen LogP contribution in [0.1, 0.15) is 75.6 Å². The summed E-state index contributed by atoms with van der Waals surface area (Å²) >= 11 is 0. The van der Waals surface area contributed by atoms with E-state index >= 15 is 0 Å². The summed E-state index contributed by atoms with van der Waals surface area (Å²) in [6.45, 7) is 15.1. The van der Waals surface area contributed by atoms with Crippen LogP contribution in [-0.4, -0.2) is 26.2 Å². The van der Waals surface area contributed by atoms with Crippen LogP contribution in [0.5, 0.6) is 0 Å². The summed E-state index contributed by atoms with van der Waals surface area (Å²) in [4.78, 5) is 4.74. The molecule has 246 valence electrons. The van der Waals surface area contributed by atoms with Gasteiger partial charge in [-0.25, -0.2) is 9.13 Å². The van der Waals surface area contributed by atoms with Gasteiger partial charge in [0.05, 0.1) is 0 Å². The second kappa shape index (κ2) is 20.8. The normalized spacial score (nSPS) is 11.0. The van der Waals surface area contributed by atoms with E-state index in [0.717, 1.165) is 39.3 Å². The van der Waals surface area contributed by atoms with E-state index in [-0.39, 0.29) is 14.9 Å². The summed E-state index contributed by atoms with van der Waals surface area (Å²) in [5, 5.41) is 0. The van der Waals surface area contributed by atoms with Gasteiger partial charge in [-0.05, 0) is 87.1 Å². The molecule has 0 fully saturated rings. The van der Waals surface area contributed by atoms with Crippen LogP contribution in [0.25, 0.3) is 24.3 Å². The van der Waals surface area contributed by atoms with Crippen molar-refractivity contribution < 1.29 is 9.13 Å². The van der Waals surface area contributed by atoms with Crippen molar-refractivity contribution in [2.75, 3.05) is 36.0 Å². The highest BCUT2D eigenvalue weighted by Crippen LogP contribution is 2.18. The molecule has 2 heterocycles. The Labute approximate surface area is 281 Å².